The Balaban J connectivity index is 1.79. The van der Waals surface area contributed by atoms with Gasteiger partial charge in [0.2, 0.25) is 10.0 Å². The van der Waals surface area contributed by atoms with Gasteiger partial charge in [-0.25, -0.2) is 13.1 Å². The molecule has 0 amide bonds. The molecule has 0 spiro atoms. The van der Waals surface area contributed by atoms with Gasteiger partial charge in [-0.05, 0) is 58.8 Å². The molecule has 1 atom stereocenters. The number of ether oxygens (including phenoxy) is 1. The zero-order valence-electron chi connectivity index (χ0n) is 20.2. The van der Waals surface area contributed by atoms with Crippen molar-refractivity contribution in [2.45, 2.75) is 50.6 Å². The van der Waals surface area contributed by atoms with E-state index in [0.29, 0.717) is 30.3 Å². The molecule has 0 fully saturated rings. The highest BCUT2D eigenvalue weighted by atomic mass is 79.9. The third-order valence-corrected chi connectivity index (χ3v) is 8.44. The lowest BCUT2D eigenvalue weighted by Gasteiger charge is -2.30. The van der Waals surface area contributed by atoms with E-state index in [4.69, 9.17) is 4.74 Å². The zero-order valence-corrected chi connectivity index (χ0v) is 22.6. The van der Waals surface area contributed by atoms with E-state index in [2.05, 4.69) is 26.2 Å². The summed E-state index contributed by atoms with van der Waals surface area (Å²) in [5.74, 6) is -0.475. The maximum Gasteiger partial charge on any atom is 0.324 e. The molecule has 35 heavy (non-hydrogen) atoms. The van der Waals surface area contributed by atoms with Crippen LogP contribution in [0.1, 0.15) is 37.9 Å². The Hall–Kier alpha value is -2.56. The largest absolute Gasteiger partial charge is 0.468 e. The van der Waals surface area contributed by atoms with Crippen LogP contribution < -0.4 is 0 Å². The first-order valence-electron chi connectivity index (χ1n) is 11.5. The van der Waals surface area contributed by atoms with Crippen LogP contribution in [0.25, 0.3) is 0 Å². The fourth-order valence-corrected chi connectivity index (χ4v) is 6.45. The minimum atomic E-state index is -3.98. The number of methoxy groups -OCH3 is 1. The van der Waals surface area contributed by atoms with E-state index in [9.17, 15) is 13.2 Å². The van der Waals surface area contributed by atoms with E-state index in [1.54, 1.807) is 22.9 Å². The Morgan fingerprint density at radius 1 is 1.11 bits per heavy atom. The fourth-order valence-electron chi connectivity index (χ4n) is 3.85. The molecule has 0 aliphatic carbocycles. The summed E-state index contributed by atoms with van der Waals surface area (Å²) < 4.78 is 35.9. The molecule has 0 N–H and O–H groups in total. The van der Waals surface area contributed by atoms with Crippen molar-refractivity contribution in [3.05, 3.63) is 76.5 Å². The van der Waals surface area contributed by atoms with Gasteiger partial charge in [0.1, 0.15) is 6.04 Å². The van der Waals surface area contributed by atoms with Crippen molar-refractivity contribution in [3.8, 4) is 0 Å². The van der Waals surface area contributed by atoms with Crippen LogP contribution in [0.4, 0.5) is 0 Å². The lowest BCUT2D eigenvalue weighted by molar-refractivity contribution is -0.145. The zero-order chi connectivity index (χ0) is 25.4. The molecule has 0 bridgehead atoms. The normalized spacial score (nSPS) is 12.7. The lowest BCUT2D eigenvalue weighted by atomic mass is 10.0. The average Bonchev–Trinajstić information content (AvgIpc) is 3.27. The molecular weight excluding hydrogens is 532 g/mol. The quantitative estimate of drug-likeness (QED) is 0.305. The van der Waals surface area contributed by atoms with Crippen molar-refractivity contribution in [3.63, 3.8) is 0 Å². The van der Waals surface area contributed by atoms with E-state index < -0.39 is 22.0 Å². The fraction of sp³-hybridized carbons (Fsp3) is 0.400. The van der Waals surface area contributed by atoms with E-state index in [1.807, 2.05) is 50.4 Å². The summed E-state index contributed by atoms with van der Waals surface area (Å²) in [7, 11) is -2.70. The van der Waals surface area contributed by atoms with Crippen LogP contribution in [0.2, 0.25) is 0 Å². The van der Waals surface area contributed by atoms with Crippen molar-refractivity contribution in [1.82, 2.24) is 19.3 Å². The first kappa shape index (κ1) is 27.0. The molecule has 1 aromatic heterocycles. The number of rotatable bonds is 12. The second-order valence-corrected chi connectivity index (χ2v) is 11.4. The molecule has 0 aliphatic rings. The molecule has 0 aliphatic heterocycles. The molecule has 0 saturated heterocycles. The maximum atomic E-state index is 13.7. The first-order valence-corrected chi connectivity index (χ1v) is 13.7. The highest BCUT2D eigenvalue weighted by Gasteiger charge is 2.37. The summed E-state index contributed by atoms with van der Waals surface area (Å²) in [6.45, 7) is 4.64. The van der Waals surface area contributed by atoms with Gasteiger partial charge in [-0.3, -0.25) is 4.79 Å². The molecule has 8 nitrogen and oxygen atoms in total. The molecule has 2 aromatic carbocycles. The summed E-state index contributed by atoms with van der Waals surface area (Å²) in [5.41, 5.74) is 1.88. The van der Waals surface area contributed by atoms with Gasteiger partial charge in [0.05, 0.1) is 24.2 Å². The van der Waals surface area contributed by atoms with Gasteiger partial charge in [-0.2, -0.15) is 4.31 Å². The van der Waals surface area contributed by atoms with Gasteiger partial charge in [-0.15, -0.1) is 5.10 Å². The third-order valence-electron chi connectivity index (χ3n) is 5.52. The number of carbonyl (C=O) groups excluding carboxylic acids is 1. The summed E-state index contributed by atoms with van der Waals surface area (Å²) >= 11 is 3.35. The molecule has 0 radical (unpaired) electrons. The van der Waals surface area contributed by atoms with Gasteiger partial charge in [0, 0.05) is 17.2 Å². The summed E-state index contributed by atoms with van der Waals surface area (Å²) in [4.78, 5) is 12.8. The monoisotopic (exact) mass is 562 g/mol. The summed E-state index contributed by atoms with van der Waals surface area (Å²) in [5, 5.41) is 8.42. The van der Waals surface area contributed by atoms with Crippen molar-refractivity contribution in [1.29, 1.82) is 0 Å². The van der Waals surface area contributed by atoms with Crippen molar-refractivity contribution in [2.24, 2.45) is 5.92 Å². The van der Waals surface area contributed by atoms with Gasteiger partial charge in [0.15, 0.2) is 0 Å². The van der Waals surface area contributed by atoms with E-state index >= 15 is 0 Å². The van der Waals surface area contributed by atoms with Gasteiger partial charge < -0.3 is 4.74 Å². The van der Waals surface area contributed by atoms with E-state index in [-0.39, 0.29) is 17.4 Å². The maximum absolute atomic E-state index is 13.7. The number of aryl methyl sites for hydroxylation is 1. The number of benzene rings is 2. The molecule has 1 heterocycles. The first-order chi connectivity index (χ1) is 16.7. The number of sulfonamides is 1. The number of halogens is 1. The Labute approximate surface area is 215 Å². The topological polar surface area (TPSA) is 94.4 Å². The Bertz CT molecular complexity index is 1210. The molecule has 0 saturated carbocycles. The Kier molecular flexibility index (Phi) is 9.59. The smallest absolute Gasteiger partial charge is 0.324 e. The van der Waals surface area contributed by atoms with Crippen molar-refractivity contribution < 1.29 is 17.9 Å². The van der Waals surface area contributed by atoms with Gasteiger partial charge in [-0.1, -0.05) is 61.5 Å². The highest BCUT2D eigenvalue weighted by Crippen LogP contribution is 2.28. The molecule has 3 aromatic rings. The van der Waals surface area contributed by atoms with Crippen LogP contribution >= 0.6 is 15.9 Å². The minimum Gasteiger partial charge on any atom is -0.468 e. The minimum absolute atomic E-state index is 0.0916. The lowest BCUT2D eigenvalue weighted by Crippen LogP contribution is -2.47. The number of esters is 1. The van der Waals surface area contributed by atoms with Crippen molar-refractivity contribution in [2.75, 3.05) is 13.7 Å². The van der Waals surface area contributed by atoms with E-state index in [0.717, 1.165) is 11.3 Å². The van der Waals surface area contributed by atoms with Crippen molar-refractivity contribution >= 4 is 31.9 Å². The van der Waals surface area contributed by atoms with Crippen LogP contribution in [0.15, 0.2) is 70.2 Å². The Morgan fingerprint density at radius 2 is 1.80 bits per heavy atom. The number of carbonyl (C=O) groups is 1. The molecule has 0 unspecified atom stereocenters. The predicted octanol–water partition coefficient (Wildman–Crippen LogP) is 4.30. The van der Waals surface area contributed by atoms with Gasteiger partial charge >= 0.3 is 5.97 Å². The van der Waals surface area contributed by atoms with Crippen LogP contribution in [0, 0.1) is 5.92 Å². The predicted molar refractivity (Wildman–Crippen MR) is 137 cm³/mol. The second kappa shape index (κ2) is 12.4. The average molecular weight is 564 g/mol. The summed E-state index contributed by atoms with van der Waals surface area (Å²) in [6, 6.07) is 15.6. The van der Waals surface area contributed by atoms with Crippen LogP contribution in [-0.4, -0.2) is 53.4 Å². The third kappa shape index (κ3) is 7.22. The van der Waals surface area contributed by atoms with Crippen LogP contribution in [0.5, 0.6) is 0 Å². The Morgan fingerprint density at radius 3 is 2.46 bits per heavy atom. The molecule has 3 rings (SSSR count). The molecule has 10 heteroatoms. The number of hydrogen-bond acceptors (Lipinski definition) is 6. The van der Waals surface area contributed by atoms with Gasteiger partial charge in [0.25, 0.3) is 0 Å². The van der Waals surface area contributed by atoms with E-state index in [1.165, 1.54) is 17.5 Å². The summed E-state index contributed by atoms with van der Waals surface area (Å²) in [6.07, 6.45) is 3.21. The molecular formula is C25H31BrN4O4S. The second-order valence-electron chi connectivity index (χ2n) is 8.71. The number of nitrogens with zero attached hydrogens (tertiary/aromatic N) is 4. The van der Waals surface area contributed by atoms with Crippen LogP contribution in [-0.2, 0) is 32.5 Å². The standard InChI is InChI=1S/C25H31BrN4O4S/c1-19(2)16-23(25(31)34-3)30(35(32,33)24-14-8-7-13-22(24)26)15-9-12-21-18-29(28-27-21)17-20-10-5-4-6-11-20/h4-8,10-11,13-14,18-19,23H,9,12,15-17H2,1-3H3/t23-/m0/s1. The SMILES string of the molecule is COC(=O)[C@H](CC(C)C)N(CCCc1cn(Cc2ccccc2)nn1)S(=O)(=O)c1ccccc1Br. The number of aromatic nitrogens is 3. The molecule has 188 valence electrons. The highest BCUT2D eigenvalue weighted by molar-refractivity contribution is 9.10. The van der Waals surface area contributed by atoms with Crippen LogP contribution in [0.3, 0.4) is 0 Å². The number of hydrogen-bond donors (Lipinski definition) is 0.